The lowest BCUT2D eigenvalue weighted by Crippen LogP contribution is -2.36. The van der Waals surface area contributed by atoms with Gasteiger partial charge in [-0.3, -0.25) is 0 Å². The fraction of sp³-hybridized carbons (Fsp3) is 0.0164. The molecule has 0 fully saturated rings. The molecule has 2 aliphatic rings. The van der Waals surface area contributed by atoms with Crippen molar-refractivity contribution >= 4 is 34.1 Å². The van der Waals surface area contributed by atoms with Gasteiger partial charge in [-0.2, -0.15) is 0 Å². The Hall–Kier alpha value is -8.20. The first kappa shape index (κ1) is 36.6. The molecule has 0 radical (unpaired) electrons. The molecular formula is C61H42N2. The van der Waals surface area contributed by atoms with Crippen LogP contribution >= 0.6 is 0 Å². The second kappa shape index (κ2) is 15.1. The molecule has 0 amide bonds. The lowest BCUT2D eigenvalue weighted by atomic mass is 9.64. The van der Waals surface area contributed by atoms with Gasteiger partial charge < -0.3 is 9.80 Å². The first-order chi connectivity index (χ1) is 31.3. The van der Waals surface area contributed by atoms with Gasteiger partial charge in [0.15, 0.2) is 0 Å². The molecule has 0 saturated carbocycles. The van der Waals surface area contributed by atoms with Crippen molar-refractivity contribution in [2.24, 2.45) is 0 Å². The zero-order chi connectivity index (χ0) is 41.7. The lowest BCUT2D eigenvalue weighted by molar-refractivity contribution is 0.752. The van der Waals surface area contributed by atoms with Gasteiger partial charge in [0.05, 0.1) is 28.2 Å². The van der Waals surface area contributed by atoms with E-state index in [0.29, 0.717) is 0 Å². The van der Waals surface area contributed by atoms with Crippen molar-refractivity contribution in [1.29, 1.82) is 0 Å². The van der Waals surface area contributed by atoms with Crippen LogP contribution in [0, 0.1) is 0 Å². The first-order valence-electron chi connectivity index (χ1n) is 21.8. The summed E-state index contributed by atoms with van der Waals surface area (Å²) in [4.78, 5) is 4.95. The smallest absolute Gasteiger partial charge is 0.0755 e. The van der Waals surface area contributed by atoms with Crippen LogP contribution in [0.2, 0.25) is 0 Å². The van der Waals surface area contributed by atoms with Crippen molar-refractivity contribution < 1.29 is 0 Å². The minimum atomic E-state index is -0.611. The third-order valence-corrected chi connectivity index (χ3v) is 13.0. The maximum absolute atomic E-state index is 2.54. The maximum atomic E-state index is 2.54. The van der Waals surface area contributed by atoms with Crippen LogP contribution in [0.5, 0.6) is 0 Å². The minimum Gasteiger partial charge on any atom is -0.310 e. The summed E-state index contributed by atoms with van der Waals surface area (Å²) < 4.78 is 0. The van der Waals surface area contributed by atoms with Crippen molar-refractivity contribution in [2.75, 3.05) is 9.80 Å². The summed E-state index contributed by atoms with van der Waals surface area (Å²) in [6, 6.07) is 93.4. The number of hydrogen-bond donors (Lipinski definition) is 0. The molecule has 10 aromatic carbocycles. The summed E-state index contributed by atoms with van der Waals surface area (Å²) >= 11 is 0. The number of anilines is 6. The third-order valence-electron chi connectivity index (χ3n) is 13.0. The monoisotopic (exact) mass is 802 g/mol. The Kier molecular flexibility index (Phi) is 8.76. The highest BCUT2D eigenvalue weighted by atomic mass is 15.2. The fourth-order valence-electron chi connectivity index (χ4n) is 10.4. The Labute approximate surface area is 369 Å². The van der Waals surface area contributed by atoms with Gasteiger partial charge in [-0.25, -0.2) is 0 Å². The largest absolute Gasteiger partial charge is 0.310 e. The average molecular weight is 803 g/mol. The van der Waals surface area contributed by atoms with Crippen molar-refractivity contribution in [3.63, 3.8) is 0 Å². The number of para-hydroxylation sites is 5. The van der Waals surface area contributed by atoms with Crippen LogP contribution < -0.4 is 9.80 Å². The van der Waals surface area contributed by atoms with Crippen LogP contribution in [0.1, 0.15) is 22.3 Å². The molecule has 63 heavy (non-hydrogen) atoms. The van der Waals surface area contributed by atoms with Crippen LogP contribution in [-0.4, -0.2) is 0 Å². The maximum Gasteiger partial charge on any atom is 0.0755 e. The van der Waals surface area contributed by atoms with E-state index in [4.69, 9.17) is 0 Å². The van der Waals surface area contributed by atoms with Crippen LogP contribution in [0.15, 0.2) is 255 Å². The summed E-state index contributed by atoms with van der Waals surface area (Å²) in [6.07, 6.45) is 0. The molecule has 1 heterocycles. The Balaban J connectivity index is 1.18. The second-order valence-corrected chi connectivity index (χ2v) is 16.4. The zero-order valence-electron chi connectivity index (χ0n) is 34.6. The van der Waals surface area contributed by atoms with E-state index >= 15 is 0 Å². The molecule has 12 rings (SSSR count). The van der Waals surface area contributed by atoms with Gasteiger partial charge in [0, 0.05) is 22.5 Å². The van der Waals surface area contributed by atoms with E-state index in [2.05, 4.69) is 265 Å². The van der Waals surface area contributed by atoms with Crippen molar-refractivity contribution in [3.05, 3.63) is 277 Å². The Morgan fingerprint density at radius 2 is 0.794 bits per heavy atom. The van der Waals surface area contributed by atoms with E-state index in [1.807, 2.05) is 0 Å². The quantitative estimate of drug-likeness (QED) is 0.158. The van der Waals surface area contributed by atoms with Gasteiger partial charge in [0.25, 0.3) is 0 Å². The van der Waals surface area contributed by atoms with Gasteiger partial charge in [0.2, 0.25) is 0 Å². The number of rotatable bonds is 7. The molecule has 0 N–H and O–H groups in total. The predicted molar refractivity (Wildman–Crippen MR) is 263 cm³/mol. The molecule has 1 spiro atoms. The molecule has 0 unspecified atom stereocenters. The third kappa shape index (κ3) is 5.80. The van der Waals surface area contributed by atoms with Gasteiger partial charge in [0.1, 0.15) is 0 Å². The van der Waals surface area contributed by atoms with Gasteiger partial charge in [-0.05, 0) is 116 Å². The van der Waals surface area contributed by atoms with E-state index in [-0.39, 0.29) is 0 Å². The average Bonchev–Trinajstić information content (AvgIpc) is 3.65. The molecule has 0 bridgehead atoms. The van der Waals surface area contributed by atoms with E-state index in [9.17, 15) is 0 Å². The first-order valence-corrected chi connectivity index (χ1v) is 21.8. The van der Waals surface area contributed by atoms with Crippen LogP contribution in [0.4, 0.5) is 34.1 Å². The van der Waals surface area contributed by atoms with Gasteiger partial charge in [-0.15, -0.1) is 0 Å². The highest BCUT2D eigenvalue weighted by molar-refractivity contribution is 6.01. The summed E-state index contributed by atoms with van der Waals surface area (Å²) in [6.45, 7) is 0. The van der Waals surface area contributed by atoms with E-state index in [1.54, 1.807) is 0 Å². The lowest BCUT2D eigenvalue weighted by Gasteiger charge is -2.45. The minimum absolute atomic E-state index is 0.611. The predicted octanol–water partition coefficient (Wildman–Crippen LogP) is 16.3. The molecule has 0 saturated heterocycles. The van der Waals surface area contributed by atoms with Crippen molar-refractivity contribution in [1.82, 2.24) is 0 Å². The molecule has 2 heteroatoms. The Bertz CT molecular complexity index is 3240. The molecule has 296 valence electrons. The molecule has 1 aliphatic carbocycles. The van der Waals surface area contributed by atoms with Crippen molar-refractivity contribution in [3.8, 4) is 44.5 Å². The van der Waals surface area contributed by atoms with Crippen LogP contribution in [0.25, 0.3) is 44.5 Å². The standard InChI is InChI=1S/C61H42N2/c1-5-22-43(23-6-1)45-26-21-27-46(40-45)49-32-14-18-37-57(49)62(47-28-9-3-10-29-47)60-42-56-52(41-51(60)44-24-7-2-8-25-44)50-33-13-15-34-53(50)61(56)54-35-16-19-38-58(54)63(48-30-11-4-12-31-48)59-39-20-17-36-55(59)61/h1-42H. The molecule has 10 aromatic rings. The summed E-state index contributed by atoms with van der Waals surface area (Å²) in [5, 5.41) is 0. The summed E-state index contributed by atoms with van der Waals surface area (Å²) in [5.41, 5.74) is 20.9. The number of nitrogens with zero attached hydrogens (tertiary/aromatic N) is 2. The number of hydrogen-bond acceptors (Lipinski definition) is 2. The summed E-state index contributed by atoms with van der Waals surface area (Å²) in [7, 11) is 0. The molecule has 0 atom stereocenters. The topological polar surface area (TPSA) is 6.48 Å². The highest BCUT2D eigenvalue weighted by Gasteiger charge is 2.52. The highest BCUT2D eigenvalue weighted by Crippen LogP contribution is 2.64. The second-order valence-electron chi connectivity index (χ2n) is 16.4. The normalized spacial score (nSPS) is 12.9. The molecule has 2 nitrogen and oxygen atoms in total. The molecule has 1 aliphatic heterocycles. The fourth-order valence-corrected chi connectivity index (χ4v) is 10.4. The number of fused-ring (bicyclic) bond motifs is 9. The van der Waals surface area contributed by atoms with E-state index < -0.39 is 5.41 Å². The van der Waals surface area contributed by atoms with E-state index in [0.717, 1.165) is 39.4 Å². The van der Waals surface area contributed by atoms with Gasteiger partial charge >= 0.3 is 0 Å². The molecular weight excluding hydrogens is 761 g/mol. The summed E-state index contributed by atoms with van der Waals surface area (Å²) in [5.74, 6) is 0. The number of benzene rings is 10. The van der Waals surface area contributed by atoms with Crippen LogP contribution in [-0.2, 0) is 5.41 Å². The molecule has 0 aromatic heterocycles. The van der Waals surface area contributed by atoms with Crippen LogP contribution in [0.3, 0.4) is 0 Å². The SMILES string of the molecule is c1ccc(-c2cccc(-c3ccccc3N(c3ccccc3)c3cc4c(cc3-c3ccccc3)-c3ccccc3C43c4ccccc4N(c4ccccc4)c4ccccc43)c2)cc1. The van der Waals surface area contributed by atoms with Gasteiger partial charge in [-0.1, -0.05) is 194 Å². The Morgan fingerprint density at radius 1 is 0.286 bits per heavy atom. The zero-order valence-corrected chi connectivity index (χ0v) is 34.6. The van der Waals surface area contributed by atoms with E-state index in [1.165, 1.54) is 61.4 Å². The van der Waals surface area contributed by atoms with Crippen molar-refractivity contribution in [2.45, 2.75) is 5.41 Å². The Morgan fingerprint density at radius 3 is 1.48 bits per heavy atom.